The van der Waals surface area contributed by atoms with E-state index in [0.29, 0.717) is 0 Å². The molecule has 0 radical (unpaired) electrons. The van der Waals surface area contributed by atoms with E-state index in [2.05, 4.69) is 5.32 Å². The van der Waals surface area contributed by atoms with Crippen LogP contribution < -0.4 is 10.9 Å². The van der Waals surface area contributed by atoms with Gasteiger partial charge in [0.25, 0.3) is 5.56 Å². The summed E-state index contributed by atoms with van der Waals surface area (Å²) in [4.78, 5) is 11.9. The lowest BCUT2D eigenvalue weighted by Crippen LogP contribution is -2.27. The van der Waals surface area contributed by atoms with Gasteiger partial charge >= 0.3 is 0 Å². The van der Waals surface area contributed by atoms with Crippen LogP contribution in [0.25, 0.3) is 10.9 Å². The first-order valence-corrected chi connectivity index (χ1v) is 6.64. The van der Waals surface area contributed by atoms with Crippen molar-refractivity contribution in [2.45, 2.75) is 19.4 Å². The molecule has 0 atom stereocenters. The van der Waals surface area contributed by atoms with E-state index in [-0.39, 0.29) is 5.56 Å². The minimum Gasteiger partial charge on any atom is -0.315 e. The van der Waals surface area contributed by atoms with Crippen LogP contribution in [0.4, 0.5) is 0 Å². The van der Waals surface area contributed by atoms with E-state index in [1.807, 2.05) is 34.9 Å². The van der Waals surface area contributed by atoms with Gasteiger partial charge in [0.05, 0.1) is 5.52 Å². The lowest BCUT2D eigenvalue weighted by molar-refractivity contribution is 0.576. The summed E-state index contributed by atoms with van der Waals surface area (Å²) in [5.41, 5.74) is 1.11. The Balaban J connectivity index is 1.76. The summed E-state index contributed by atoms with van der Waals surface area (Å²) in [6.07, 6.45) is 2.72. The summed E-state index contributed by atoms with van der Waals surface area (Å²) in [7, 11) is 0. The number of rotatable bonds is 5. The van der Waals surface area contributed by atoms with Gasteiger partial charge in [0.2, 0.25) is 0 Å². The first-order valence-electron chi connectivity index (χ1n) is 6.64. The third-order valence-electron chi connectivity index (χ3n) is 3.54. The van der Waals surface area contributed by atoms with Gasteiger partial charge in [0.15, 0.2) is 0 Å². The first kappa shape index (κ1) is 11.5. The Morgan fingerprint density at radius 2 is 2.00 bits per heavy atom. The lowest BCUT2D eigenvalue weighted by atomic mass is 10.2. The van der Waals surface area contributed by atoms with Crippen molar-refractivity contribution < 1.29 is 0 Å². The van der Waals surface area contributed by atoms with Crippen LogP contribution in [0.1, 0.15) is 12.8 Å². The van der Waals surface area contributed by atoms with Crippen LogP contribution in [0, 0.1) is 5.92 Å². The fraction of sp³-hybridized carbons (Fsp3) is 0.400. The molecule has 18 heavy (non-hydrogen) atoms. The molecule has 0 unspecified atom stereocenters. The molecule has 1 saturated carbocycles. The maximum atomic E-state index is 11.9. The number of nitrogens with one attached hydrogen (secondary N) is 1. The molecule has 1 aromatic carbocycles. The predicted octanol–water partition coefficient (Wildman–Crippen LogP) is 2.00. The van der Waals surface area contributed by atoms with Gasteiger partial charge in [-0.3, -0.25) is 4.79 Å². The van der Waals surface area contributed by atoms with Crippen LogP contribution in [0.5, 0.6) is 0 Å². The standard InChI is InChI=1S/C15H18N2O/c18-15-8-7-13-3-1-2-4-14(13)17(15)10-9-16-11-12-5-6-12/h1-4,7-8,12,16H,5-6,9-11H2. The van der Waals surface area contributed by atoms with Gasteiger partial charge in [-0.2, -0.15) is 0 Å². The molecular formula is C15H18N2O. The summed E-state index contributed by atoms with van der Waals surface area (Å²) in [6.45, 7) is 2.71. The van der Waals surface area contributed by atoms with Crippen molar-refractivity contribution >= 4 is 10.9 Å². The highest BCUT2D eigenvalue weighted by atomic mass is 16.1. The minimum atomic E-state index is 0.0851. The van der Waals surface area contributed by atoms with Crippen molar-refractivity contribution in [1.82, 2.24) is 9.88 Å². The summed E-state index contributed by atoms with van der Waals surface area (Å²) in [5.74, 6) is 0.884. The Kier molecular flexibility index (Phi) is 3.15. The zero-order valence-corrected chi connectivity index (χ0v) is 10.4. The average molecular weight is 242 g/mol. The number of hydrogen-bond donors (Lipinski definition) is 1. The number of nitrogens with zero attached hydrogens (tertiary/aromatic N) is 1. The third kappa shape index (κ3) is 2.46. The van der Waals surface area contributed by atoms with Gasteiger partial charge in [-0.1, -0.05) is 18.2 Å². The number of hydrogen-bond acceptors (Lipinski definition) is 2. The zero-order chi connectivity index (χ0) is 12.4. The number of benzene rings is 1. The molecule has 1 N–H and O–H groups in total. The Morgan fingerprint density at radius 1 is 1.17 bits per heavy atom. The fourth-order valence-corrected chi connectivity index (χ4v) is 2.29. The number of para-hydroxylation sites is 1. The third-order valence-corrected chi connectivity index (χ3v) is 3.54. The Morgan fingerprint density at radius 3 is 2.83 bits per heavy atom. The van der Waals surface area contributed by atoms with Gasteiger partial charge in [-0.15, -0.1) is 0 Å². The fourth-order valence-electron chi connectivity index (χ4n) is 2.29. The van der Waals surface area contributed by atoms with Crippen molar-refractivity contribution in [2.24, 2.45) is 5.92 Å². The normalized spacial score (nSPS) is 15.1. The van der Waals surface area contributed by atoms with Crippen molar-refractivity contribution in [3.8, 4) is 0 Å². The number of fused-ring (bicyclic) bond motifs is 1. The molecule has 0 amide bonds. The summed E-state index contributed by atoms with van der Waals surface area (Å²) < 4.78 is 1.86. The molecule has 1 heterocycles. The van der Waals surface area contributed by atoms with E-state index in [4.69, 9.17) is 0 Å². The molecule has 2 aromatic rings. The van der Waals surface area contributed by atoms with Gasteiger partial charge < -0.3 is 9.88 Å². The van der Waals surface area contributed by atoms with Crippen LogP contribution in [-0.4, -0.2) is 17.7 Å². The van der Waals surface area contributed by atoms with Crippen LogP contribution in [0.2, 0.25) is 0 Å². The summed E-state index contributed by atoms with van der Waals surface area (Å²) >= 11 is 0. The molecular weight excluding hydrogens is 224 g/mol. The molecule has 1 aliphatic carbocycles. The van der Waals surface area contributed by atoms with E-state index < -0.39 is 0 Å². The molecule has 0 bridgehead atoms. The summed E-state index contributed by atoms with van der Waals surface area (Å²) in [5, 5.41) is 4.55. The highest BCUT2D eigenvalue weighted by Crippen LogP contribution is 2.27. The lowest BCUT2D eigenvalue weighted by Gasteiger charge is -2.10. The highest BCUT2D eigenvalue weighted by Gasteiger charge is 2.19. The number of aromatic nitrogens is 1. The first-order chi connectivity index (χ1) is 8.84. The van der Waals surface area contributed by atoms with E-state index in [1.165, 1.54) is 12.8 Å². The van der Waals surface area contributed by atoms with Crippen molar-refractivity contribution in [3.05, 3.63) is 46.8 Å². The van der Waals surface area contributed by atoms with Crippen molar-refractivity contribution in [1.29, 1.82) is 0 Å². The van der Waals surface area contributed by atoms with Crippen molar-refractivity contribution in [3.63, 3.8) is 0 Å². The maximum Gasteiger partial charge on any atom is 0.251 e. The van der Waals surface area contributed by atoms with Crippen LogP contribution >= 0.6 is 0 Å². The Bertz CT molecular complexity index is 599. The van der Waals surface area contributed by atoms with Gasteiger partial charge in [0.1, 0.15) is 0 Å². The summed E-state index contributed by atoms with van der Waals surface area (Å²) in [6, 6.07) is 11.6. The van der Waals surface area contributed by atoms with E-state index in [9.17, 15) is 4.79 Å². The zero-order valence-electron chi connectivity index (χ0n) is 10.4. The molecule has 3 heteroatoms. The molecule has 0 spiro atoms. The van der Waals surface area contributed by atoms with Crippen LogP contribution in [0.15, 0.2) is 41.2 Å². The second kappa shape index (κ2) is 4.94. The molecule has 1 aromatic heterocycles. The van der Waals surface area contributed by atoms with Crippen LogP contribution in [0.3, 0.4) is 0 Å². The smallest absolute Gasteiger partial charge is 0.251 e. The quantitative estimate of drug-likeness (QED) is 0.814. The van der Waals surface area contributed by atoms with E-state index in [0.717, 1.165) is 36.5 Å². The largest absolute Gasteiger partial charge is 0.315 e. The van der Waals surface area contributed by atoms with Gasteiger partial charge in [-0.25, -0.2) is 0 Å². The minimum absolute atomic E-state index is 0.0851. The average Bonchev–Trinajstić information content (AvgIpc) is 3.21. The SMILES string of the molecule is O=c1ccc2ccccc2n1CCNCC1CC1. The topological polar surface area (TPSA) is 34.0 Å². The second-order valence-corrected chi connectivity index (χ2v) is 5.03. The van der Waals surface area contributed by atoms with Gasteiger partial charge in [0, 0.05) is 19.2 Å². The van der Waals surface area contributed by atoms with Crippen LogP contribution in [-0.2, 0) is 6.54 Å². The van der Waals surface area contributed by atoms with E-state index >= 15 is 0 Å². The number of pyridine rings is 1. The van der Waals surface area contributed by atoms with E-state index in [1.54, 1.807) is 6.07 Å². The van der Waals surface area contributed by atoms with Crippen molar-refractivity contribution in [2.75, 3.05) is 13.1 Å². The molecule has 94 valence electrons. The molecule has 3 nitrogen and oxygen atoms in total. The molecule has 1 aliphatic rings. The Hall–Kier alpha value is -1.61. The van der Waals surface area contributed by atoms with Gasteiger partial charge in [-0.05, 0) is 42.8 Å². The molecule has 0 saturated heterocycles. The molecule has 0 aliphatic heterocycles. The highest BCUT2D eigenvalue weighted by molar-refractivity contribution is 5.78. The second-order valence-electron chi connectivity index (χ2n) is 5.03. The molecule has 1 fully saturated rings. The molecule has 3 rings (SSSR count). The Labute approximate surface area is 106 Å². The maximum absolute atomic E-state index is 11.9. The predicted molar refractivity (Wildman–Crippen MR) is 73.8 cm³/mol. The monoisotopic (exact) mass is 242 g/mol.